The maximum atomic E-state index is 5.65. The van der Waals surface area contributed by atoms with Gasteiger partial charge in [-0.25, -0.2) is 0 Å². The predicted octanol–water partition coefficient (Wildman–Crippen LogP) is 2.95. The van der Waals surface area contributed by atoms with Gasteiger partial charge >= 0.3 is 0 Å². The summed E-state index contributed by atoms with van der Waals surface area (Å²) >= 11 is 0. The van der Waals surface area contributed by atoms with E-state index in [0.717, 1.165) is 6.54 Å². The average Bonchev–Trinajstić information content (AvgIpc) is 2.21. The van der Waals surface area contributed by atoms with Crippen LogP contribution in [0.25, 0.3) is 0 Å². The Balaban J connectivity index is 3.11. The first kappa shape index (κ1) is 14.2. The van der Waals surface area contributed by atoms with Crippen molar-refractivity contribution in [2.24, 2.45) is 5.73 Å². The van der Waals surface area contributed by atoms with Crippen molar-refractivity contribution in [3.63, 3.8) is 0 Å². The summed E-state index contributed by atoms with van der Waals surface area (Å²) in [6.45, 7) is 12.7. The van der Waals surface area contributed by atoms with Crippen molar-refractivity contribution in [3.05, 3.63) is 34.4 Å². The molecule has 1 aromatic carbocycles. The lowest BCUT2D eigenvalue weighted by Gasteiger charge is -2.24. The standard InChI is InChI=1S/C15H26N2/c1-11-7-13(15(3,4)5)8-12(2)14(11)9-17(6)10-16/h7-8H,9-10,16H2,1-6H3. The first-order chi connectivity index (χ1) is 7.75. The van der Waals surface area contributed by atoms with Gasteiger partial charge in [-0.2, -0.15) is 0 Å². The van der Waals surface area contributed by atoms with Crippen LogP contribution < -0.4 is 5.73 Å². The van der Waals surface area contributed by atoms with E-state index in [-0.39, 0.29) is 5.41 Å². The fraction of sp³-hybridized carbons (Fsp3) is 0.600. The van der Waals surface area contributed by atoms with E-state index in [1.165, 1.54) is 22.3 Å². The van der Waals surface area contributed by atoms with E-state index in [4.69, 9.17) is 5.73 Å². The molecular formula is C15H26N2. The zero-order valence-corrected chi connectivity index (χ0v) is 12.1. The molecule has 0 bridgehead atoms. The molecular weight excluding hydrogens is 208 g/mol. The molecule has 0 saturated heterocycles. The molecule has 0 fully saturated rings. The maximum Gasteiger partial charge on any atom is 0.0455 e. The van der Waals surface area contributed by atoms with Crippen molar-refractivity contribution >= 4 is 0 Å². The van der Waals surface area contributed by atoms with Gasteiger partial charge in [0.15, 0.2) is 0 Å². The fourth-order valence-electron chi connectivity index (χ4n) is 2.01. The van der Waals surface area contributed by atoms with Crippen LogP contribution in [0, 0.1) is 13.8 Å². The van der Waals surface area contributed by atoms with Gasteiger partial charge in [0.1, 0.15) is 0 Å². The van der Waals surface area contributed by atoms with Crippen LogP contribution >= 0.6 is 0 Å². The van der Waals surface area contributed by atoms with E-state index in [2.05, 4.69) is 58.7 Å². The topological polar surface area (TPSA) is 29.3 Å². The summed E-state index contributed by atoms with van der Waals surface area (Å²) in [5.74, 6) is 0. The quantitative estimate of drug-likeness (QED) is 0.815. The molecule has 96 valence electrons. The van der Waals surface area contributed by atoms with Crippen LogP contribution in [0.5, 0.6) is 0 Å². The minimum atomic E-state index is 0.216. The van der Waals surface area contributed by atoms with E-state index in [9.17, 15) is 0 Å². The molecule has 0 aliphatic heterocycles. The Morgan fingerprint density at radius 2 is 1.59 bits per heavy atom. The molecule has 0 unspecified atom stereocenters. The van der Waals surface area contributed by atoms with Crippen molar-refractivity contribution in [2.75, 3.05) is 13.7 Å². The Hall–Kier alpha value is -0.860. The maximum absolute atomic E-state index is 5.65. The van der Waals surface area contributed by atoms with Gasteiger partial charge in [-0.1, -0.05) is 32.9 Å². The molecule has 1 rings (SSSR count). The van der Waals surface area contributed by atoms with Gasteiger partial charge < -0.3 is 5.73 Å². The van der Waals surface area contributed by atoms with Gasteiger partial charge in [0.05, 0.1) is 0 Å². The van der Waals surface area contributed by atoms with E-state index in [1.807, 2.05) is 0 Å². The molecule has 2 N–H and O–H groups in total. The molecule has 0 saturated carbocycles. The van der Waals surface area contributed by atoms with Crippen LogP contribution in [0.15, 0.2) is 12.1 Å². The lowest BCUT2D eigenvalue weighted by molar-refractivity contribution is 0.336. The summed E-state index contributed by atoms with van der Waals surface area (Å²) in [5.41, 5.74) is 11.4. The summed E-state index contributed by atoms with van der Waals surface area (Å²) in [6.07, 6.45) is 0. The molecule has 0 heterocycles. The summed E-state index contributed by atoms with van der Waals surface area (Å²) in [7, 11) is 2.05. The molecule has 17 heavy (non-hydrogen) atoms. The van der Waals surface area contributed by atoms with Gasteiger partial charge in [-0.3, -0.25) is 4.90 Å². The van der Waals surface area contributed by atoms with Crippen LogP contribution in [-0.4, -0.2) is 18.6 Å². The van der Waals surface area contributed by atoms with Crippen molar-refractivity contribution < 1.29 is 0 Å². The number of nitrogens with zero attached hydrogens (tertiary/aromatic N) is 1. The van der Waals surface area contributed by atoms with E-state index < -0.39 is 0 Å². The van der Waals surface area contributed by atoms with E-state index in [1.54, 1.807) is 0 Å². The van der Waals surface area contributed by atoms with Crippen LogP contribution in [0.4, 0.5) is 0 Å². The van der Waals surface area contributed by atoms with E-state index in [0.29, 0.717) is 6.67 Å². The molecule has 0 aliphatic carbocycles. The zero-order chi connectivity index (χ0) is 13.2. The second kappa shape index (κ2) is 5.19. The normalized spacial score (nSPS) is 12.2. The van der Waals surface area contributed by atoms with Gasteiger partial charge in [-0.05, 0) is 48.6 Å². The van der Waals surface area contributed by atoms with Crippen LogP contribution in [0.3, 0.4) is 0 Å². The highest BCUT2D eigenvalue weighted by molar-refractivity contribution is 5.40. The Kier molecular flexibility index (Phi) is 4.34. The van der Waals surface area contributed by atoms with Crippen molar-refractivity contribution in [1.82, 2.24) is 4.90 Å². The zero-order valence-electron chi connectivity index (χ0n) is 12.1. The van der Waals surface area contributed by atoms with Gasteiger partial charge in [-0.15, -0.1) is 0 Å². The highest BCUT2D eigenvalue weighted by Gasteiger charge is 2.16. The fourth-order valence-corrected chi connectivity index (χ4v) is 2.01. The number of rotatable bonds is 3. The van der Waals surface area contributed by atoms with Crippen molar-refractivity contribution in [2.45, 2.75) is 46.6 Å². The number of nitrogens with two attached hydrogens (primary N) is 1. The largest absolute Gasteiger partial charge is 0.318 e. The number of hydrogen-bond acceptors (Lipinski definition) is 2. The van der Waals surface area contributed by atoms with Crippen LogP contribution in [0.1, 0.15) is 43.0 Å². The monoisotopic (exact) mass is 234 g/mol. The third kappa shape index (κ3) is 3.55. The lowest BCUT2D eigenvalue weighted by atomic mass is 9.84. The molecule has 2 heteroatoms. The summed E-state index contributed by atoms with van der Waals surface area (Å²) in [5, 5.41) is 0. The number of hydrogen-bond donors (Lipinski definition) is 1. The summed E-state index contributed by atoms with van der Waals surface area (Å²) in [6, 6.07) is 4.62. The molecule has 1 aromatic rings. The van der Waals surface area contributed by atoms with Gasteiger partial charge in [0, 0.05) is 13.2 Å². The highest BCUT2D eigenvalue weighted by atomic mass is 15.1. The van der Waals surface area contributed by atoms with Crippen LogP contribution in [0.2, 0.25) is 0 Å². The third-order valence-electron chi connectivity index (χ3n) is 3.30. The molecule has 0 radical (unpaired) electrons. The Labute approximate surface area is 106 Å². The number of benzene rings is 1. The number of aryl methyl sites for hydroxylation is 2. The Morgan fingerprint density at radius 3 is 1.94 bits per heavy atom. The third-order valence-corrected chi connectivity index (χ3v) is 3.30. The molecule has 0 spiro atoms. The average molecular weight is 234 g/mol. The van der Waals surface area contributed by atoms with Gasteiger partial charge in [0.25, 0.3) is 0 Å². The summed E-state index contributed by atoms with van der Waals surface area (Å²) < 4.78 is 0. The minimum Gasteiger partial charge on any atom is -0.318 e. The lowest BCUT2D eigenvalue weighted by Crippen LogP contribution is -2.26. The molecule has 0 aromatic heterocycles. The van der Waals surface area contributed by atoms with Crippen molar-refractivity contribution in [3.8, 4) is 0 Å². The molecule has 0 atom stereocenters. The highest BCUT2D eigenvalue weighted by Crippen LogP contribution is 2.27. The second-order valence-electron chi connectivity index (χ2n) is 6.04. The Bertz CT molecular complexity index is 365. The van der Waals surface area contributed by atoms with Gasteiger partial charge in [0.2, 0.25) is 0 Å². The molecule has 0 amide bonds. The first-order valence-corrected chi connectivity index (χ1v) is 6.25. The predicted molar refractivity (Wildman–Crippen MR) is 75.1 cm³/mol. The molecule has 2 nitrogen and oxygen atoms in total. The van der Waals surface area contributed by atoms with Crippen LogP contribution in [-0.2, 0) is 12.0 Å². The smallest absolute Gasteiger partial charge is 0.0455 e. The minimum absolute atomic E-state index is 0.216. The second-order valence-corrected chi connectivity index (χ2v) is 6.04. The SMILES string of the molecule is Cc1cc(C(C)(C)C)cc(C)c1CN(C)CN. The van der Waals surface area contributed by atoms with E-state index >= 15 is 0 Å². The molecule has 0 aliphatic rings. The Morgan fingerprint density at radius 1 is 1.12 bits per heavy atom. The first-order valence-electron chi connectivity index (χ1n) is 6.25. The summed E-state index contributed by atoms with van der Waals surface area (Å²) in [4.78, 5) is 2.13. The van der Waals surface area contributed by atoms with Crippen molar-refractivity contribution in [1.29, 1.82) is 0 Å².